The van der Waals surface area contributed by atoms with Gasteiger partial charge in [0.25, 0.3) is 5.91 Å². The number of carbonyl (C=O) groups excluding carboxylic acids is 1. The summed E-state index contributed by atoms with van der Waals surface area (Å²) in [6.07, 6.45) is 0. The van der Waals surface area contributed by atoms with Gasteiger partial charge >= 0.3 is 0 Å². The van der Waals surface area contributed by atoms with Crippen LogP contribution in [0.4, 0.5) is 0 Å². The molecule has 3 aromatic rings. The molecule has 2 aromatic heterocycles. The molecule has 0 aliphatic heterocycles. The van der Waals surface area contributed by atoms with E-state index in [1.54, 1.807) is 11.6 Å². The van der Waals surface area contributed by atoms with Gasteiger partial charge in [0.1, 0.15) is 0 Å². The molecule has 0 fully saturated rings. The summed E-state index contributed by atoms with van der Waals surface area (Å²) in [4.78, 5) is 17.5. The second kappa shape index (κ2) is 6.72. The van der Waals surface area contributed by atoms with Gasteiger partial charge < -0.3 is 10.4 Å². The van der Waals surface area contributed by atoms with Crippen LogP contribution in [0.5, 0.6) is 0 Å². The number of thiophene rings is 1. The lowest BCUT2D eigenvalue weighted by molar-refractivity contribution is 0.0912. The van der Waals surface area contributed by atoms with Crippen molar-refractivity contribution in [1.29, 1.82) is 0 Å². The zero-order valence-corrected chi connectivity index (χ0v) is 13.3. The highest BCUT2D eigenvalue weighted by atomic mass is 32.1. The summed E-state index contributed by atoms with van der Waals surface area (Å²) in [5.41, 5.74) is 0.831. The predicted octanol–water partition coefficient (Wildman–Crippen LogP) is 2.11. The number of aromatic nitrogens is 3. The highest BCUT2D eigenvalue weighted by Crippen LogP contribution is 2.25. The van der Waals surface area contributed by atoms with E-state index in [1.165, 1.54) is 11.3 Å². The minimum atomic E-state index is -0.404. The Morgan fingerprint density at radius 3 is 2.74 bits per heavy atom. The van der Waals surface area contributed by atoms with Gasteiger partial charge in [0.15, 0.2) is 5.82 Å². The molecule has 1 aromatic carbocycles. The molecule has 0 saturated carbocycles. The number of aliphatic hydroxyl groups is 1. The maximum Gasteiger partial charge on any atom is 0.291 e. The Kier molecular flexibility index (Phi) is 4.50. The number of para-hydroxylation sites is 1. The smallest absolute Gasteiger partial charge is 0.291 e. The molecule has 0 aliphatic rings. The van der Waals surface area contributed by atoms with Crippen molar-refractivity contribution in [3.05, 3.63) is 53.7 Å². The van der Waals surface area contributed by atoms with Crippen LogP contribution in [0, 0.1) is 0 Å². The van der Waals surface area contributed by atoms with E-state index in [2.05, 4.69) is 15.4 Å². The van der Waals surface area contributed by atoms with E-state index < -0.39 is 5.91 Å². The van der Waals surface area contributed by atoms with Crippen molar-refractivity contribution in [2.24, 2.45) is 0 Å². The molecule has 2 heterocycles. The van der Waals surface area contributed by atoms with Crippen LogP contribution in [0.15, 0.2) is 47.8 Å². The second-order valence-corrected chi connectivity index (χ2v) is 5.99. The quantitative estimate of drug-likeness (QED) is 0.752. The highest BCUT2D eigenvalue weighted by molar-refractivity contribution is 7.13. The van der Waals surface area contributed by atoms with Crippen molar-refractivity contribution in [3.63, 3.8) is 0 Å². The maximum absolute atomic E-state index is 12.2. The number of hydrogen-bond donors (Lipinski definition) is 2. The van der Waals surface area contributed by atoms with E-state index in [0.717, 1.165) is 10.6 Å². The topological polar surface area (TPSA) is 80.0 Å². The largest absolute Gasteiger partial charge is 0.394 e. The summed E-state index contributed by atoms with van der Waals surface area (Å²) in [7, 11) is 0. The van der Waals surface area contributed by atoms with Crippen LogP contribution >= 0.6 is 11.3 Å². The van der Waals surface area contributed by atoms with Gasteiger partial charge in [-0.3, -0.25) is 4.79 Å². The zero-order valence-electron chi connectivity index (χ0n) is 12.5. The van der Waals surface area contributed by atoms with Crippen molar-refractivity contribution in [2.45, 2.75) is 13.0 Å². The molecule has 1 unspecified atom stereocenters. The molecular weight excluding hydrogens is 312 g/mol. The molecule has 2 N–H and O–H groups in total. The minimum Gasteiger partial charge on any atom is -0.394 e. The summed E-state index contributed by atoms with van der Waals surface area (Å²) in [6.45, 7) is 1.58. The number of benzene rings is 1. The van der Waals surface area contributed by atoms with Gasteiger partial charge in [0.2, 0.25) is 5.82 Å². The minimum absolute atomic E-state index is 0.0811. The number of carbonyl (C=O) groups is 1. The molecule has 0 spiro atoms. The summed E-state index contributed by atoms with van der Waals surface area (Å²) in [5, 5.41) is 18.0. The number of aliphatic hydroxyl groups excluding tert-OH is 1. The number of rotatable bonds is 5. The Balaban J connectivity index is 2.02. The van der Waals surface area contributed by atoms with Crippen molar-refractivity contribution in [2.75, 3.05) is 6.61 Å². The molecule has 118 valence electrons. The maximum atomic E-state index is 12.2. The standard InChI is InChI=1S/C16H16N4O2S/c1-11(10-21)17-16(22)14-18-15(13-8-5-9-23-13)20(19-14)12-6-3-2-4-7-12/h2-9,11,21H,10H2,1H3,(H,17,22). The normalized spacial score (nSPS) is 12.1. The average molecular weight is 328 g/mol. The third-order valence-corrected chi connectivity index (χ3v) is 4.07. The third kappa shape index (κ3) is 3.30. The Morgan fingerprint density at radius 2 is 2.09 bits per heavy atom. The molecule has 1 amide bonds. The fourth-order valence-electron chi connectivity index (χ4n) is 2.06. The lowest BCUT2D eigenvalue weighted by Gasteiger charge is -2.07. The number of amides is 1. The van der Waals surface area contributed by atoms with Gasteiger partial charge in [-0.1, -0.05) is 24.3 Å². The molecule has 3 rings (SSSR count). The molecule has 1 atom stereocenters. The Morgan fingerprint density at radius 1 is 1.30 bits per heavy atom. The molecule has 0 radical (unpaired) electrons. The molecular formula is C16H16N4O2S. The van der Waals surface area contributed by atoms with Crippen LogP contribution in [0.25, 0.3) is 16.4 Å². The van der Waals surface area contributed by atoms with Crippen LogP contribution in [-0.4, -0.2) is 38.4 Å². The first kappa shape index (κ1) is 15.4. The Hall–Kier alpha value is -2.51. The van der Waals surface area contributed by atoms with Gasteiger partial charge in [0, 0.05) is 6.04 Å². The van der Waals surface area contributed by atoms with Crippen LogP contribution in [0.1, 0.15) is 17.5 Å². The molecule has 7 heteroatoms. The molecule has 6 nitrogen and oxygen atoms in total. The lowest BCUT2D eigenvalue weighted by atomic mass is 10.3. The first-order chi connectivity index (χ1) is 11.2. The second-order valence-electron chi connectivity index (χ2n) is 5.04. The Labute approximate surface area is 137 Å². The predicted molar refractivity (Wildman–Crippen MR) is 88.7 cm³/mol. The van der Waals surface area contributed by atoms with E-state index in [4.69, 9.17) is 5.11 Å². The Bertz CT molecular complexity index is 784. The van der Waals surface area contributed by atoms with Gasteiger partial charge in [-0.2, -0.15) is 0 Å². The van der Waals surface area contributed by atoms with Crippen molar-refractivity contribution >= 4 is 17.2 Å². The number of hydrogen-bond acceptors (Lipinski definition) is 5. The molecule has 0 bridgehead atoms. The SMILES string of the molecule is CC(CO)NC(=O)c1nc(-c2cccs2)n(-c2ccccc2)n1. The van der Waals surface area contributed by atoms with E-state index in [0.29, 0.717) is 5.82 Å². The van der Waals surface area contributed by atoms with Crippen molar-refractivity contribution in [3.8, 4) is 16.4 Å². The highest BCUT2D eigenvalue weighted by Gasteiger charge is 2.20. The van der Waals surface area contributed by atoms with Crippen molar-refractivity contribution in [1.82, 2.24) is 20.1 Å². The van der Waals surface area contributed by atoms with Gasteiger partial charge in [-0.05, 0) is 30.5 Å². The summed E-state index contributed by atoms with van der Waals surface area (Å²) < 4.78 is 1.66. The van der Waals surface area contributed by atoms with E-state index in [1.807, 2.05) is 47.8 Å². The average Bonchev–Trinajstić information content (AvgIpc) is 3.24. The molecule has 0 saturated heterocycles. The van der Waals surface area contributed by atoms with Gasteiger partial charge in [0.05, 0.1) is 17.2 Å². The number of nitrogens with zero attached hydrogens (tertiary/aromatic N) is 3. The first-order valence-corrected chi connectivity index (χ1v) is 8.05. The fourth-order valence-corrected chi connectivity index (χ4v) is 2.76. The fraction of sp³-hybridized carbons (Fsp3) is 0.188. The molecule has 0 aliphatic carbocycles. The van der Waals surface area contributed by atoms with Crippen LogP contribution in [0.3, 0.4) is 0 Å². The monoisotopic (exact) mass is 328 g/mol. The van der Waals surface area contributed by atoms with E-state index in [-0.39, 0.29) is 18.5 Å². The van der Waals surface area contributed by atoms with Crippen LogP contribution in [0.2, 0.25) is 0 Å². The van der Waals surface area contributed by atoms with Gasteiger partial charge in [-0.15, -0.1) is 16.4 Å². The summed E-state index contributed by atoms with van der Waals surface area (Å²) >= 11 is 1.53. The summed E-state index contributed by atoms with van der Waals surface area (Å²) in [6, 6.07) is 13.1. The van der Waals surface area contributed by atoms with Crippen LogP contribution < -0.4 is 5.32 Å². The van der Waals surface area contributed by atoms with E-state index in [9.17, 15) is 4.79 Å². The lowest BCUT2D eigenvalue weighted by Crippen LogP contribution is -2.35. The zero-order chi connectivity index (χ0) is 16.2. The van der Waals surface area contributed by atoms with Crippen LogP contribution in [-0.2, 0) is 0 Å². The van der Waals surface area contributed by atoms with E-state index >= 15 is 0 Å². The third-order valence-electron chi connectivity index (χ3n) is 3.20. The molecule has 23 heavy (non-hydrogen) atoms. The summed E-state index contributed by atoms with van der Waals surface area (Å²) in [5.74, 6) is 0.296. The number of nitrogens with one attached hydrogen (secondary N) is 1. The van der Waals surface area contributed by atoms with Gasteiger partial charge in [-0.25, -0.2) is 9.67 Å². The van der Waals surface area contributed by atoms with Crippen molar-refractivity contribution < 1.29 is 9.90 Å². The first-order valence-electron chi connectivity index (χ1n) is 7.17.